The monoisotopic (exact) mass is 207 g/mol. The minimum Gasteiger partial charge on any atom is -0.310 e. The maximum absolute atomic E-state index is 5.75. The molecule has 3 heteroatoms. The van der Waals surface area contributed by atoms with Crippen molar-refractivity contribution in [3.8, 4) is 0 Å². The molecule has 1 rings (SSSR count). The molecule has 0 spiro atoms. The van der Waals surface area contributed by atoms with Crippen LogP contribution in [-0.2, 0) is 0 Å². The molecule has 50 valence electrons. The highest BCUT2D eigenvalue weighted by Crippen LogP contribution is 2.18. The second-order valence-electron chi connectivity index (χ2n) is 2.02. The molecule has 0 saturated heterocycles. The predicted octanol–water partition coefficient (Wildman–Crippen LogP) is 2.64. The lowest BCUT2D eigenvalue weighted by Gasteiger charge is -2.15. The summed E-state index contributed by atoms with van der Waals surface area (Å²) in [7, 11) is 0. The van der Waals surface area contributed by atoms with E-state index in [9.17, 15) is 0 Å². The summed E-state index contributed by atoms with van der Waals surface area (Å²) in [5.41, 5.74) is 1.17. The standard InChI is InChI=1S/C6H7BrClN/c1-5-2-6(8)4-9(7)3-5/h2-3H,4H2,1H3. The molecular weight excluding hydrogens is 201 g/mol. The number of allylic oxidation sites excluding steroid dienone is 2. The quantitative estimate of drug-likeness (QED) is 0.553. The van der Waals surface area contributed by atoms with E-state index in [2.05, 4.69) is 16.1 Å². The van der Waals surface area contributed by atoms with Crippen LogP contribution in [0.15, 0.2) is 22.9 Å². The molecule has 0 fully saturated rings. The van der Waals surface area contributed by atoms with E-state index in [0.717, 1.165) is 11.6 Å². The Kier molecular flexibility index (Phi) is 2.19. The lowest BCUT2D eigenvalue weighted by Crippen LogP contribution is -2.09. The molecule has 0 saturated carbocycles. The minimum absolute atomic E-state index is 0.763. The van der Waals surface area contributed by atoms with Gasteiger partial charge in [0.25, 0.3) is 0 Å². The van der Waals surface area contributed by atoms with Crippen molar-refractivity contribution in [3.63, 3.8) is 0 Å². The second-order valence-corrected chi connectivity index (χ2v) is 3.42. The molecule has 0 amide bonds. The fraction of sp³-hybridized carbons (Fsp3) is 0.333. The molecule has 1 heterocycles. The number of hydrogen-bond acceptors (Lipinski definition) is 1. The van der Waals surface area contributed by atoms with Crippen LogP contribution in [0.25, 0.3) is 0 Å². The Hall–Kier alpha value is 0.0500. The maximum Gasteiger partial charge on any atom is 0.0647 e. The Morgan fingerprint density at radius 2 is 2.44 bits per heavy atom. The van der Waals surface area contributed by atoms with Gasteiger partial charge in [0.2, 0.25) is 0 Å². The largest absolute Gasteiger partial charge is 0.310 e. The van der Waals surface area contributed by atoms with Gasteiger partial charge in [-0.3, -0.25) is 0 Å². The zero-order valence-electron chi connectivity index (χ0n) is 5.06. The van der Waals surface area contributed by atoms with Crippen LogP contribution in [0.2, 0.25) is 0 Å². The van der Waals surface area contributed by atoms with Crippen molar-refractivity contribution in [2.75, 3.05) is 6.54 Å². The van der Waals surface area contributed by atoms with Crippen LogP contribution in [0.5, 0.6) is 0 Å². The van der Waals surface area contributed by atoms with Gasteiger partial charge in [0.1, 0.15) is 0 Å². The third-order valence-corrected chi connectivity index (χ3v) is 1.71. The van der Waals surface area contributed by atoms with Gasteiger partial charge >= 0.3 is 0 Å². The van der Waals surface area contributed by atoms with Crippen LogP contribution < -0.4 is 0 Å². The van der Waals surface area contributed by atoms with Gasteiger partial charge in [0.15, 0.2) is 0 Å². The predicted molar refractivity (Wildman–Crippen MR) is 43.3 cm³/mol. The summed E-state index contributed by atoms with van der Waals surface area (Å²) in [6, 6.07) is 0. The molecule has 0 aliphatic carbocycles. The third-order valence-electron chi connectivity index (χ3n) is 1.03. The Balaban J connectivity index is 2.74. The van der Waals surface area contributed by atoms with Crippen molar-refractivity contribution >= 4 is 27.7 Å². The average molecular weight is 208 g/mol. The van der Waals surface area contributed by atoms with Gasteiger partial charge < -0.3 is 3.93 Å². The van der Waals surface area contributed by atoms with Crippen LogP contribution in [0.1, 0.15) is 6.92 Å². The Morgan fingerprint density at radius 1 is 1.78 bits per heavy atom. The summed E-state index contributed by atoms with van der Waals surface area (Å²) in [5.74, 6) is 0. The van der Waals surface area contributed by atoms with Crippen LogP contribution in [0, 0.1) is 0 Å². The maximum atomic E-state index is 5.75. The summed E-state index contributed by atoms with van der Waals surface area (Å²) < 4.78 is 1.88. The van der Waals surface area contributed by atoms with Crippen molar-refractivity contribution in [1.82, 2.24) is 3.93 Å². The molecule has 1 nitrogen and oxygen atoms in total. The highest BCUT2D eigenvalue weighted by Gasteiger charge is 2.03. The molecule has 1 aliphatic rings. The van der Waals surface area contributed by atoms with Crippen molar-refractivity contribution in [2.24, 2.45) is 0 Å². The lowest BCUT2D eigenvalue weighted by atomic mass is 10.2. The van der Waals surface area contributed by atoms with E-state index in [1.165, 1.54) is 5.57 Å². The van der Waals surface area contributed by atoms with Crippen LogP contribution >= 0.6 is 27.7 Å². The molecule has 0 aromatic rings. The zero-order valence-corrected chi connectivity index (χ0v) is 7.41. The topological polar surface area (TPSA) is 3.24 Å². The first-order valence-electron chi connectivity index (χ1n) is 2.65. The second kappa shape index (κ2) is 2.76. The molecule has 0 unspecified atom stereocenters. The molecule has 0 aromatic heterocycles. The molecule has 9 heavy (non-hydrogen) atoms. The number of halogens is 2. The Morgan fingerprint density at radius 3 is 2.89 bits per heavy atom. The number of rotatable bonds is 0. The first-order chi connectivity index (χ1) is 4.18. The SMILES string of the molecule is CC1=CN(Br)CC(Cl)=C1. The van der Waals surface area contributed by atoms with E-state index in [4.69, 9.17) is 11.6 Å². The van der Waals surface area contributed by atoms with Crippen LogP contribution in [0.3, 0.4) is 0 Å². The van der Waals surface area contributed by atoms with E-state index in [-0.39, 0.29) is 0 Å². The van der Waals surface area contributed by atoms with Crippen molar-refractivity contribution < 1.29 is 0 Å². The molecule has 0 atom stereocenters. The Bertz CT molecular complexity index is 174. The normalized spacial score (nSPS) is 19.2. The summed E-state index contributed by atoms with van der Waals surface area (Å²) in [4.78, 5) is 0. The van der Waals surface area contributed by atoms with Gasteiger partial charge in [0, 0.05) is 27.4 Å². The van der Waals surface area contributed by atoms with Crippen LogP contribution in [-0.4, -0.2) is 10.5 Å². The zero-order chi connectivity index (χ0) is 6.85. The summed E-state index contributed by atoms with van der Waals surface area (Å²) >= 11 is 9.06. The molecule has 0 N–H and O–H groups in total. The molecule has 0 radical (unpaired) electrons. The van der Waals surface area contributed by atoms with Gasteiger partial charge in [-0.05, 0) is 18.6 Å². The highest BCUT2D eigenvalue weighted by molar-refractivity contribution is 9.07. The lowest BCUT2D eigenvalue weighted by molar-refractivity contribution is 0.698. The van der Waals surface area contributed by atoms with E-state index in [1.807, 2.05) is 23.1 Å². The summed E-state index contributed by atoms with van der Waals surface area (Å²) in [6.45, 7) is 2.77. The van der Waals surface area contributed by atoms with Gasteiger partial charge in [0.05, 0.1) is 6.54 Å². The number of hydrogen-bond donors (Lipinski definition) is 0. The fourth-order valence-electron chi connectivity index (χ4n) is 0.741. The van der Waals surface area contributed by atoms with Crippen molar-refractivity contribution in [3.05, 3.63) is 22.9 Å². The highest BCUT2D eigenvalue weighted by atomic mass is 79.9. The van der Waals surface area contributed by atoms with E-state index >= 15 is 0 Å². The average Bonchev–Trinajstić information content (AvgIpc) is 1.59. The smallest absolute Gasteiger partial charge is 0.0647 e. The summed E-state index contributed by atoms with van der Waals surface area (Å²) in [5, 5.41) is 0.867. The van der Waals surface area contributed by atoms with Gasteiger partial charge in [-0.15, -0.1) is 0 Å². The van der Waals surface area contributed by atoms with E-state index < -0.39 is 0 Å². The van der Waals surface area contributed by atoms with Gasteiger partial charge in [-0.25, -0.2) is 0 Å². The molecule has 1 aliphatic heterocycles. The minimum atomic E-state index is 0.763. The van der Waals surface area contributed by atoms with Gasteiger partial charge in [-0.1, -0.05) is 11.6 Å². The van der Waals surface area contributed by atoms with E-state index in [0.29, 0.717) is 0 Å². The number of nitrogens with zero attached hydrogens (tertiary/aromatic N) is 1. The first kappa shape index (κ1) is 7.16. The fourth-order valence-corrected chi connectivity index (χ4v) is 1.78. The van der Waals surface area contributed by atoms with E-state index in [1.54, 1.807) is 0 Å². The first-order valence-corrected chi connectivity index (χ1v) is 3.74. The molecular formula is C6H7BrClN. The van der Waals surface area contributed by atoms with Crippen molar-refractivity contribution in [1.29, 1.82) is 0 Å². The van der Waals surface area contributed by atoms with Gasteiger partial charge in [-0.2, -0.15) is 0 Å². The Labute approximate surface area is 68.3 Å². The molecule has 0 aromatic carbocycles. The summed E-state index contributed by atoms with van der Waals surface area (Å²) in [6.07, 6.45) is 3.95. The van der Waals surface area contributed by atoms with Crippen LogP contribution in [0.4, 0.5) is 0 Å². The molecule has 0 bridgehead atoms. The third kappa shape index (κ3) is 2.03. The van der Waals surface area contributed by atoms with Crippen molar-refractivity contribution in [2.45, 2.75) is 6.92 Å².